The number of carbonyl (C=O) groups excluding carboxylic acids is 4. The van der Waals surface area contributed by atoms with E-state index in [1.54, 1.807) is 48.3 Å². The smallest absolute Gasteiger partial charge is 0.407 e. The SMILES string of the molecule is C1CCNC1.COC(=O)NCc1cc(C(=O)c2c[nH]n(C)c2=O)ccc1Br.Cn1[nH]cc(C(=O)c2ccc(Br)c(CNC(=O)N3CCCC3)c2)c1=O. The monoisotopic (exact) mass is 844 g/mol. The van der Waals surface area contributed by atoms with Crippen LogP contribution in [0.3, 0.4) is 0 Å². The number of benzene rings is 2. The van der Waals surface area contributed by atoms with Crippen LogP contribution in [0.2, 0.25) is 0 Å². The molecule has 2 aromatic heterocycles. The van der Waals surface area contributed by atoms with Crippen LogP contribution < -0.4 is 27.1 Å². The Morgan fingerprint density at radius 1 is 0.731 bits per heavy atom. The van der Waals surface area contributed by atoms with Crippen molar-refractivity contribution in [2.24, 2.45) is 14.1 Å². The molecule has 2 aromatic carbocycles. The van der Waals surface area contributed by atoms with E-state index in [9.17, 15) is 28.8 Å². The van der Waals surface area contributed by atoms with Crippen LogP contribution in [0.15, 0.2) is 67.3 Å². The van der Waals surface area contributed by atoms with E-state index >= 15 is 0 Å². The van der Waals surface area contributed by atoms with E-state index in [0.717, 1.165) is 40.4 Å². The number of nitrogens with zero attached hydrogens (tertiary/aromatic N) is 3. The van der Waals surface area contributed by atoms with Crippen LogP contribution in [0.4, 0.5) is 9.59 Å². The number of amides is 3. The standard InChI is InChI=1S/C17H19BrN4O3.C14H14BrN3O4.C4H9N/c1-21-16(24)13(10-20-21)15(23)11-4-5-14(18)12(8-11)9-19-17(25)22-6-2-3-7-22;1-18-13(20)10(7-17-18)12(19)8-3-4-11(15)9(5-8)6-16-14(21)22-2;1-2-4-5-3-1/h4-5,8,10,20H,2-3,6-7,9H2,1H3,(H,19,25);3-5,7,17H,6H2,1-2H3,(H,16,21);5H,1-4H2. The number of carbonyl (C=O) groups is 4. The van der Waals surface area contributed by atoms with Gasteiger partial charge in [-0.15, -0.1) is 0 Å². The maximum atomic E-state index is 12.5. The second-order valence-electron chi connectivity index (χ2n) is 12.0. The third-order valence-corrected chi connectivity index (χ3v) is 9.92. The van der Waals surface area contributed by atoms with Crippen molar-refractivity contribution < 1.29 is 23.9 Å². The zero-order valence-electron chi connectivity index (χ0n) is 29.1. The van der Waals surface area contributed by atoms with Crippen molar-refractivity contribution in [1.29, 1.82) is 0 Å². The van der Waals surface area contributed by atoms with Crippen molar-refractivity contribution in [3.05, 3.63) is 112 Å². The summed E-state index contributed by atoms with van der Waals surface area (Å²) in [6.07, 6.45) is 7.06. The Balaban J connectivity index is 0.000000206. The van der Waals surface area contributed by atoms with Gasteiger partial charge in [0, 0.05) is 72.7 Å². The normalized spacial score (nSPS) is 13.4. The molecule has 6 rings (SSSR count). The summed E-state index contributed by atoms with van der Waals surface area (Å²) in [5, 5.41) is 14.0. The summed E-state index contributed by atoms with van der Waals surface area (Å²) in [5.74, 6) is -0.727. The first-order valence-corrected chi connectivity index (χ1v) is 18.2. The summed E-state index contributed by atoms with van der Waals surface area (Å²) in [4.78, 5) is 73.7. The maximum Gasteiger partial charge on any atom is 0.407 e. The minimum atomic E-state index is -0.567. The summed E-state index contributed by atoms with van der Waals surface area (Å²) >= 11 is 6.79. The number of hydrogen-bond acceptors (Lipinski definition) is 8. The lowest BCUT2D eigenvalue weighted by Gasteiger charge is -2.16. The predicted molar refractivity (Wildman–Crippen MR) is 202 cm³/mol. The molecule has 5 N–H and O–H groups in total. The van der Waals surface area contributed by atoms with E-state index in [-0.39, 0.29) is 46.4 Å². The van der Waals surface area contributed by atoms with Crippen LogP contribution in [0.1, 0.15) is 68.7 Å². The first-order chi connectivity index (χ1) is 24.9. The first kappa shape index (κ1) is 40.0. The number of H-pyrrole nitrogens is 2. The summed E-state index contributed by atoms with van der Waals surface area (Å²) in [6.45, 7) is 4.56. The number of aromatic nitrogens is 4. The quantitative estimate of drug-likeness (QED) is 0.165. The van der Waals surface area contributed by atoms with E-state index in [1.807, 2.05) is 0 Å². The number of alkyl carbamates (subject to hydrolysis) is 1. The molecule has 2 saturated heterocycles. The fraction of sp³-hybridized carbons (Fsp3) is 0.371. The van der Waals surface area contributed by atoms with Crippen molar-refractivity contribution in [3.63, 3.8) is 0 Å². The van der Waals surface area contributed by atoms with Crippen molar-refractivity contribution in [3.8, 4) is 0 Å². The lowest BCUT2D eigenvalue weighted by molar-refractivity contribution is 0.103. The topological polar surface area (TPSA) is 192 Å². The molecule has 17 heteroatoms. The highest BCUT2D eigenvalue weighted by Gasteiger charge is 2.20. The van der Waals surface area contributed by atoms with Gasteiger partial charge in [0.25, 0.3) is 11.1 Å². The van der Waals surface area contributed by atoms with Gasteiger partial charge in [0.2, 0.25) is 0 Å². The van der Waals surface area contributed by atoms with Gasteiger partial charge in [-0.1, -0.05) is 31.9 Å². The maximum absolute atomic E-state index is 12.5. The number of aryl methyl sites for hydroxylation is 2. The molecule has 2 fully saturated rings. The minimum absolute atomic E-state index is 0.0664. The van der Waals surface area contributed by atoms with Gasteiger partial charge < -0.3 is 35.8 Å². The average molecular weight is 847 g/mol. The number of methoxy groups -OCH3 is 1. The molecule has 0 spiro atoms. The first-order valence-electron chi connectivity index (χ1n) is 16.6. The number of aromatic amines is 2. The number of urea groups is 1. The summed E-state index contributed by atoms with van der Waals surface area (Å²) in [7, 11) is 4.36. The lowest BCUT2D eigenvalue weighted by atomic mass is 10.0. The Morgan fingerprint density at radius 3 is 1.58 bits per heavy atom. The van der Waals surface area contributed by atoms with E-state index in [1.165, 1.54) is 61.8 Å². The Labute approximate surface area is 316 Å². The molecule has 278 valence electrons. The molecule has 4 aromatic rings. The van der Waals surface area contributed by atoms with Crippen molar-refractivity contribution in [2.45, 2.75) is 38.8 Å². The molecule has 0 atom stereocenters. The van der Waals surface area contributed by atoms with Gasteiger partial charge in [-0.25, -0.2) is 9.59 Å². The van der Waals surface area contributed by atoms with E-state index in [4.69, 9.17) is 0 Å². The van der Waals surface area contributed by atoms with Gasteiger partial charge in [0.1, 0.15) is 11.1 Å². The number of hydrogen-bond donors (Lipinski definition) is 5. The highest BCUT2D eigenvalue weighted by Crippen LogP contribution is 2.21. The highest BCUT2D eigenvalue weighted by atomic mass is 79.9. The van der Waals surface area contributed by atoms with Crippen LogP contribution in [0, 0.1) is 0 Å². The van der Waals surface area contributed by atoms with Crippen LogP contribution in [0.5, 0.6) is 0 Å². The molecule has 0 aliphatic carbocycles. The van der Waals surface area contributed by atoms with Gasteiger partial charge in [0.15, 0.2) is 11.6 Å². The van der Waals surface area contributed by atoms with Crippen molar-refractivity contribution >= 4 is 55.6 Å². The fourth-order valence-electron chi connectivity index (χ4n) is 5.33. The molecule has 4 heterocycles. The molecular weight excluding hydrogens is 804 g/mol. The number of nitrogens with one attached hydrogen (secondary N) is 5. The Bertz CT molecular complexity index is 2000. The Kier molecular flexibility index (Phi) is 14.8. The third-order valence-electron chi connectivity index (χ3n) is 8.37. The van der Waals surface area contributed by atoms with Gasteiger partial charge in [0.05, 0.1) is 7.11 Å². The molecule has 0 saturated carbocycles. The molecule has 3 amide bonds. The third kappa shape index (κ3) is 10.6. The zero-order valence-corrected chi connectivity index (χ0v) is 32.3. The highest BCUT2D eigenvalue weighted by molar-refractivity contribution is 9.10. The van der Waals surface area contributed by atoms with E-state index < -0.39 is 6.09 Å². The Morgan fingerprint density at radius 2 is 1.19 bits per heavy atom. The fourth-order valence-corrected chi connectivity index (χ4v) is 6.11. The molecule has 0 radical (unpaired) electrons. The number of rotatable bonds is 8. The Hall–Kier alpha value is -4.74. The number of ketones is 2. The predicted octanol–water partition coefficient (Wildman–Crippen LogP) is 3.95. The van der Waals surface area contributed by atoms with E-state index in [2.05, 4.69) is 62.7 Å². The van der Waals surface area contributed by atoms with E-state index in [0.29, 0.717) is 23.2 Å². The summed E-state index contributed by atoms with van der Waals surface area (Å²) in [6, 6.07) is 9.93. The lowest BCUT2D eigenvalue weighted by Crippen LogP contribution is -2.37. The number of ether oxygens (including phenoxy) is 1. The van der Waals surface area contributed by atoms with Gasteiger partial charge >= 0.3 is 12.1 Å². The largest absolute Gasteiger partial charge is 0.453 e. The van der Waals surface area contributed by atoms with Crippen LogP contribution in [0.25, 0.3) is 0 Å². The summed E-state index contributed by atoms with van der Waals surface area (Å²) < 4.78 is 8.52. The number of likely N-dealkylation sites (tertiary alicyclic amines) is 1. The molecule has 0 unspecified atom stereocenters. The molecule has 15 nitrogen and oxygen atoms in total. The second kappa shape index (κ2) is 19.2. The van der Waals surface area contributed by atoms with Crippen molar-refractivity contribution in [1.82, 2.24) is 40.4 Å². The number of halogens is 2. The van der Waals surface area contributed by atoms with Gasteiger partial charge in [-0.05, 0) is 86.3 Å². The minimum Gasteiger partial charge on any atom is -0.453 e. The van der Waals surface area contributed by atoms with Gasteiger partial charge in [-0.2, -0.15) is 0 Å². The van der Waals surface area contributed by atoms with Crippen molar-refractivity contribution in [2.75, 3.05) is 33.3 Å². The van der Waals surface area contributed by atoms with Crippen LogP contribution in [-0.4, -0.2) is 81.4 Å². The molecule has 0 bridgehead atoms. The van der Waals surface area contributed by atoms with Crippen LogP contribution >= 0.6 is 31.9 Å². The zero-order chi connectivity index (χ0) is 37.8. The van der Waals surface area contributed by atoms with Gasteiger partial charge in [-0.3, -0.25) is 28.5 Å². The summed E-state index contributed by atoms with van der Waals surface area (Å²) in [5.41, 5.74) is 1.66. The average Bonchev–Trinajstić information content (AvgIpc) is 3.99. The molecule has 2 aliphatic heterocycles. The second-order valence-corrected chi connectivity index (χ2v) is 13.7. The molecule has 2 aliphatic rings. The van der Waals surface area contributed by atoms with Crippen LogP contribution in [-0.2, 0) is 31.9 Å². The molecule has 52 heavy (non-hydrogen) atoms. The molecular formula is C35H42Br2N8O7.